The number of carbonyl (C=O) groups excluding carboxylic acids is 1. The van der Waals surface area contributed by atoms with Gasteiger partial charge in [-0.2, -0.15) is 0 Å². The number of carbonyl (C=O) groups is 1. The van der Waals surface area contributed by atoms with Gasteiger partial charge in [-0.15, -0.1) is 0 Å². The summed E-state index contributed by atoms with van der Waals surface area (Å²) in [7, 11) is 1.64. The van der Waals surface area contributed by atoms with Crippen LogP contribution in [0.25, 0.3) is 0 Å². The van der Waals surface area contributed by atoms with Crippen LogP contribution < -0.4 is 14.8 Å². The Kier molecular flexibility index (Phi) is 6.51. The van der Waals surface area contributed by atoms with Crippen molar-refractivity contribution in [2.75, 3.05) is 13.7 Å². The number of aryl methyl sites for hydroxylation is 2. The first kappa shape index (κ1) is 22.3. The lowest BCUT2D eigenvalue weighted by atomic mass is 9.84. The summed E-state index contributed by atoms with van der Waals surface area (Å²) in [6.45, 7) is 7.44. The van der Waals surface area contributed by atoms with E-state index < -0.39 is 0 Å². The highest BCUT2D eigenvalue weighted by molar-refractivity contribution is 7.80. The van der Waals surface area contributed by atoms with Crippen molar-refractivity contribution in [1.82, 2.24) is 10.2 Å². The van der Waals surface area contributed by atoms with Crippen LogP contribution in [0, 0.1) is 13.8 Å². The molecule has 1 unspecified atom stereocenters. The highest BCUT2D eigenvalue weighted by Gasteiger charge is 2.36. The zero-order valence-corrected chi connectivity index (χ0v) is 20.0. The SMILES string of the molecule is CCN1C(=S)NC(c2ccc(OCc3cc(C)ccc3C)c(OC)c2)C2=C1CCCC2=O. The predicted octanol–water partition coefficient (Wildman–Crippen LogP) is 5.15. The molecule has 0 bridgehead atoms. The van der Waals surface area contributed by atoms with E-state index in [0.29, 0.717) is 29.6 Å². The van der Waals surface area contributed by atoms with Crippen molar-refractivity contribution < 1.29 is 14.3 Å². The fourth-order valence-electron chi connectivity index (χ4n) is 4.53. The molecule has 0 radical (unpaired) electrons. The van der Waals surface area contributed by atoms with E-state index >= 15 is 0 Å². The molecule has 1 N–H and O–H groups in total. The second-order valence-corrected chi connectivity index (χ2v) is 8.78. The smallest absolute Gasteiger partial charge is 0.173 e. The summed E-state index contributed by atoms with van der Waals surface area (Å²) in [5.74, 6) is 1.51. The fourth-order valence-corrected chi connectivity index (χ4v) is 4.89. The zero-order chi connectivity index (χ0) is 22.8. The first-order chi connectivity index (χ1) is 15.4. The fraction of sp³-hybridized carbons (Fsp3) is 0.385. The van der Waals surface area contributed by atoms with Crippen LogP contribution in [0.5, 0.6) is 11.5 Å². The number of methoxy groups -OCH3 is 1. The Morgan fingerprint density at radius 3 is 2.69 bits per heavy atom. The summed E-state index contributed by atoms with van der Waals surface area (Å²) in [6, 6.07) is 12.0. The lowest BCUT2D eigenvalue weighted by molar-refractivity contribution is -0.116. The number of ketones is 1. The summed E-state index contributed by atoms with van der Waals surface area (Å²) < 4.78 is 11.8. The molecule has 0 fully saturated rings. The van der Waals surface area contributed by atoms with Crippen molar-refractivity contribution in [2.24, 2.45) is 0 Å². The lowest BCUT2D eigenvalue weighted by Gasteiger charge is -2.40. The summed E-state index contributed by atoms with van der Waals surface area (Å²) in [4.78, 5) is 14.9. The normalized spacial score (nSPS) is 18.4. The monoisotopic (exact) mass is 450 g/mol. The van der Waals surface area contributed by atoms with E-state index in [1.165, 1.54) is 11.1 Å². The lowest BCUT2D eigenvalue weighted by Crippen LogP contribution is -2.49. The molecule has 0 amide bonds. The second kappa shape index (κ2) is 9.33. The molecule has 0 saturated heterocycles. The number of rotatable bonds is 6. The third-order valence-electron chi connectivity index (χ3n) is 6.28. The Hall–Kier alpha value is -2.86. The quantitative estimate of drug-likeness (QED) is 0.615. The van der Waals surface area contributed by atoms with Gasteiger partial charge in [-0.05, 0) is 74.7 Å². The number of nitrogens with one attached hydrogen (secondary N) is 1. The van der Waals surface area contributed by atoms with Gasteiger partial charge >= 0.3 is 0 Å². The zero-order valence-electron chi connectivity index (χ0n) is 19.2. The number of hydrogen-bond acceptors (Lipinski definition) is 4. The minimum absolute atomic E-state index is 0.193. The third kappa shape index (κ3) is 4.24. The number of thiocarbonyl (C=S) groups is 1. The van der Waals surface area contributed by atoms with Crippen LogP contribution in [0.4, 0.5) is 0 Å². The molecule has 2 aromatic rings. The molecule has 0 aromatic heterocycles. The van der Waals surface area contributed by atoms with Gasteiger partial charge in [-0.3, -0.25) is 4.79 Å². The van der Waals surface area contributed by atoms with Crippen LogP contribution in [0.1, 0.15) is 54.5 Å². The summed E-state index contributed by atoms with van der Waals surface area (Å²) in [5.41, 5.74) is 6.39. The minimum Gasteiger partial charge on any atom is -0.493 e. The molecular weight excluding hydrogens is 420 g/mol. The number of Topliss-reactive ketones (excluding diaryl/α,β-unsaturated/α-hetero) is 1. The number of nitrogens with zero attached hydrogens (tertiary/aromatic N) is 1. The molecule has 168 valence electrons. The number of benzene rings is 2. The minimum atomic E-state index is -0.268. The van der Waals surface area contributed by atoms with Crippen LogP contribution in [-0.2, 0) is 11.4 Å². The predicted molar refractivity (Wildman–Crippen MR) is 130 cm³/mol. The van der Waals surface area contributed by atoms with E-state index in [1.54, 1.807) is 7.11 Å². The molecule has 0 spiro atoms. The Bertz CT molecular complexity index is 1090. The molecule has 1 aliphatic carbocycles. The molecule has 2 aromatic carbocycles. The van der Waals surface area contributed by atoms with E-state index in [0.717, 1.165) is 41.8 Å². The summed E-state index contributed by atoms with van der Waals surface area (Å²) in [6.07, 6.45) is 2.33. The van der Waals surface area contributed by atoms with E-state index in [1.807, 2.05) is 18.2 Å². The number of ether oxygens (including phenoxy) is 2. The van der Waals surface area contributed by atoms with E-state index in [4.69, 9.17) is 21.7 Å². The Morgan fingerprint density at radius 1 is 1.12 bits per heavy atom. The van der Waals surface area contributed by atoms with Gasteiger partial charge in [0.15, 0.2) is 22.4 Å². The Morgan fingerprint density at radius 2 is 1.94 bits per heavy atom. The van der Waals surface area contributed by atoms with Gasteiger partial charge in [0.2, 0.25) is 0 Å². The maximum Gasteiger partial charge on any atom is 0.173 e. The molecule has 5 nitrogen and oxygen atoms in total. The van der Waals surface area contributed by atoms with E-state index in [2.05, 4.69) is 49.2 Å². The van der Waals surface area contributed by atoms with Gasteiger partial charge in [0.1, 0.15) is 6.61 Å². The molecule has 1 aliphatic heterocycles. The van der Waals surface area contributed by atoms with Gasteiger partial charge in [-0.25, -0.2) is 0 Å². The van der Waals surface area contributed by atoms with Gasteiger partial charge < -0.3 is 19.7 Å². The van der Waals surface area contributed by atoms with Gasteiger partial charge in [0, 0.05) is 24.2 Å². The maximum absolute atomic E-state index is 12.9. The van der Waals surface area contributed by atoms with Crippen molar-refractivity contribution in [3.8, 4) is 11.5 Å². The largest absolute Gasteiger partial charge is 0.493 e. The average molecular weight is 451 g/mol. The van der Waals surface area contributed by atoms with Crippen LogP contribution in [-0.4, -0.2) is 29.5 Å². The highest BCUT2D eigenvalue weighted by Crippen LogP contribution is 2.39. The molecule has 1 atom stereocenters. The molecule has 0 saturated carbocycles. The standard InChI is InChI=1S/C26H30N2O3S/c1-5-28-20-7-6-8-21(29)24(20)25(27-26(28)32)18-11-12-22(23(14-18)30-4)31-15-19-13-16(2)9-10-17(19)3/h9-14,25H,5-8,15H2,1-4H3,(H,27,32). The topological polar surface area (TPSA) is 50.8 Å². The van der Waals surface area contributed by atoms with Crippen molar-refractivity contribution in [3.05, 3.63) is 69.9 Å². The second-order valence-electron chi connectivity index (χ2n) is 8.39. The van der Waals surface area contributed by atoms with Crippen molar-refractivity contribution in [1.29, 1.82) is 0 Å². The van der Waals surface area contributed by atoms with Crippen molar-refractivity contribution >= 4 is 23.1 Å². The molecule has 6 heteroatoms. The van der Waals surface area contributed by atoms with Crippen LogP contribution >= 0.6 is 12.2 Å². The number of allylic oxidation sites excluding steroid dienone is 1. The Balaban J connectivity index is 1.64. The first-order valence-electron chi connectivity index (χ1n) is 11.1. The van der Waals surface area contributed by atoms with Crippen LogP contribution in [0.3, 0.4) is 0 Å². The molecule has 1 heterocycles. The van der Waals surface area contributed by atoms with Crippen molar-refractivity contribution in [2.45, 2.75) is 52.7 Å². The molecule has 2 aliphatic rings. The van der Waals surface area contributed by atoms with Gasteiger partial charge in [-0.1, -0.05) is 29.8 Å². The number of hydrogen-bond donors (Lipinski definition) is 1. The molecular formula is C26H30N2O3S. The molecule has 4 rings (SSSR count). The average Bonchev–Trinajstić information content (AvgIpc) is 2.79. The summed E-state index contributed by atoms with van der Waals surface area (Å²) in [5, 5.41) is 4.05. The van der Waals surface area contributed by atoms with Crippen LogP contribution in [0.2, 0.25) is 0 Å². The Labute approximate surface area is 195 Å². The third-order valence-corrected chi connectivity index (χ3v) is 6.62. The molecule has 32 heavy (non-hydrogen) atoms. The first-order valence-corrected chi connectivity index (χ1v) is 11.5. The van der Waals surface area contributed by atoms with Gasteiger partial charge in [0.05, 0.1) is 13.2 Å². The van der Waals surface area contributed by atoms with E-state index in [9.17, 15) is 4.79 Å². The summed E-state index contributed by atoms with van der Waals surface area (Å²) >= 11 is 5.63. The highest BCUT2D eigenvalue weighted by atomic mass is 32.1. The van der Waals surface area contributed by atoms with Crippen molar-refractivity contribution in [3.63, 3.8) is 0 Å². The van der Waals surface area contributed by atoms with Crippen LogP contribution in [0.15, 0.2) is 47.7 Å². The maximum atomic E-state index is 12.9. The van der Waals surface area contributed by atoms with Gasteiger partial charge in [0.25, 0.3) is 0 Å². The van der Waals surface area contributed by atoms with E-state index in [-0.39, 0.29) is 11.8 Å².